The Balaban J connectivity index is 3.36. The number of hydrogen-bond donors (Lipinski definition) is 1. The second kappa shape index (κ2) is 10.5. The van der Waals surface area contributed by atoms with E-state index in [0.717, 1.165) is 12.8 Å². The summed E-state index contributed by atoms with van der Waals surface area (Å²) < 4.78 is 0. The van der Waals surface area contributed by atoms with Gasteiger partial charge >= 0.3 is 0 Å². The molecule has 2 nitrogen and oxygen atoms in total. The zero-order chi connectivity index (χ0) is 13.1. The second-order valence-electron chi connectivity index (χ2n) is 4.99. The summed E-state index contributed by atoms with van der Waals surface area (Å²) in [5.74, 6) is -0.0658. The van der Waals surface area contributed by atoms with Crippen molar-refractivity contribution in [3.63, 3.8) is 0 Å². The fraction of sp³-hybridized carbons (Fsp3) is 0.800. The van der Waals surface area contributed by atoms with Gasteiger partial charge in [-0.1, -0.05) is 51.7 Å². The van der Waals surface area contributed by atoms with Crippen molar-refractivity contribution in [2.75, 3.05) is 0 Å². The molecule has 0 aromatic carbocycles. The van der Waals surface area contributed by atoms with E-state index in [1.165, 1.54) is 25.7 Å². The first-order valence-electron chi connectivity index (χ1n) is 6.92. The zero-order valence-electron chi connectivity index (χ0n) is 11.6. The van der Waals surface area contributed by atoms with E-state index in [0.29, 0.717) is 6.42 Å². The molecule has 0 bridgehead atoms. The largest absolute Gasteiger partial charge is 0.385 e. The van der Waals surface area contributed by atoms with Gasteiger partial charge < -0.3 is 5.11 Å². The molecule has 1 unspecified atom stereocenters. The van der Waals surface area contributed by atoms with Gasteiger partial charge in [-0.25, -0.2) is 0 Å². The van der Waals surface area contributed by atoms with Crippen LogP contribution in [-0.4, -0.2) is 17.0 Å². The summed E-state index contributed by atoms with van der Waals surface area (Å²) in [7, 11) is 0. The SMILES string of the molecule is C/C=C/CCCCCCCC(O)C(=O)C(C)C. The third kappa shape index (κ3) is 9.11. The molecule has 0 saturated heterocycles. The van der Waals surface area contributed by atoms with E-state index in [4.69, 9.17) is 0 Å². The number of aliphatic hydroxyl groups excluding tert-OH is 1. The van der Waals surface area contributed by atoms with Gasteiger partial charge in [0.05, 0.1) is 0 Å². The van der Waals surface area contributed by atoms with Crippen LogP contribution in [0.5, 0.6) is 0 Å². The molecule has 100 valence electrons. The summed E-state index contributed by atoms with van der Waals surface area (Å²) in [4.78, 5) is 11.4. The summed E-state index contributed by atoms with van der Waals surface area (Å²) in [6, 6.07) is 0. The Morgan fingerprint density at radius 1 is 1.12 bits per heavy atom. The molecule has 1 atom stereocenters. The molecule has 0 spiro atoms. The van der Waals surface area contributed by atoms with Crippen LogP contribution in [0.25, 0.3) is 0 Å². The second-order valence-corrected chi connectivity index (χ2v) is 4.99. The monoisotopic (exact) mass is 240 g/mol. The van der Waals surface area contributed by atoms with Crippen molar-refractivity contribution in [3.8, 4) is 0 Å². The Kier molecular flexibility index (Phi) is 10.1. The predicted octanol–water partition coefficient (Wildman–Crippen LogP) is 3.88. The van der Waals surface area contributed by atoms with Crippen LogP contribution in [0.15, 0.2) is 12.2 Å². The highest BCUT2D eigenvalue weighted by Gasteiger charge is 2.17. The van der Waals surface area contributed by atoms with E-state index in [1.807, 2.05) is 20.8 Å². The number of aliphatic hydroxyl groups is 1. The number of hydrogen-bond acceptors (Lipinski definition) is 2. The van der Waals surface area contributed by atoms with Crippen LogP contribution >= 0.6 is 0 Å². The molecule has 0 aliphatic rings. The smallest absolute Gasteiger partial charge is 0.163 e. The Morgan fingerprint density at radius 2 is 1.71 bits per heavy atom. The minimum atomic E-state index is -0.738. The van der Waals surface area contributed by atoms with Crippen molar-refractivity contribution in [1.29, 1.82) is 0 Å². The lowest BCUT2D eigenvalue weighted by Crippen LogP contribution is -2.24. The van der Waals surface area contributed by atoms with E-state index in [2.05, 4.69) is 12.2 Å². The molecule has 17 heavy (non-hydrogen) atoms. The normalized spacial score (nSPS) is 13.5. The van der Waals surface area contributed by atoms with Crippen LogP contribution < -0.4 is 0 Å². The maximum absolute atomic E-state index is 11.4. The third-order valence-corrected chi connectivity index (χ3v) is 2.98. The molecule has 0 aliphatic heterocycles. The van der Waals surface area contributed by atoms with E-state index >= 15 is 0 Å². The fourth-order valence-electron chi connectivity index (χ4n) is 1.82. The molecule has 0 aromatic rings. The topological polar surface area (TPSA) is 37.3 Å². The molecule has 0 amide bonds. The van der Waals surface area contributed by atoms with Gasteiger partial charge in [-0.15, -0.1) is 0 Å². The summed E-state index contributed by atoms with van der Waals surface area (Å²) in [6.45, 7) is 5.73. The van der Waals surface area contributed by atoms with Crippen LogP contribution in [0.3, 0.4) is 0 Å². The molecule has 0 fully saturated rings. The number of ketones is 1. The van der Waals surface area contributed by atoms with Crippen molar-refractivity contribution in [3.05, 3.63) is 12.2 Å². The summed E-state index contributed by atoms with van der Waals surface area (Å²) in [5, 5.41) is 9.60. The lowest BCUT2D eigenvalue weighted by molar-refractivity contribution is -0.130. The lowest BCUT2D eigenvalue weighted by Gasteiger charge is -2.11. The highest BCUT2D eigenvalue weighted by atomic mass is 16.3. The summed E-state index contributed by atoms with van der Waals surface area (Å²) in [6.07, 6.45) is 11.1. The number of carbonyl (C=O) groups excluding carboxylic acids is 1. The molecular weight excluding hydrogens is 212 g/mol. The standard InChI is InChI=1S/C15H28O2/c1-4-5-6-7-8-9-10-11-12-14(16)15(17)13(2)3/h4-5,13-14,16H,6-12H2,1-3H3/b5-4+. The Hall–Kier alpha value is -0.630. The van der Waals surface area contributed by atoms with Crippen LogP contribution in [0, 0.1) is 5.92 Å². The van der Waals surface area contributed by atoms with Crippen molar-refractivity contribution < 1.29 is 9.90 Å². The quantitative estimate of drug-likeness (QED) is 0.465. The summed E-state index contributed by atoms with van der Waals surface area (Å²) >= 11 is 0. The molecule has 0 heterocycles. The molecule has 2 heteroatoms. The fourth-order valence-corrected chi connectivity index (χ4v) is 1.82. The maximum atomic E-state index is 11.4. The van der Waals surface area contributed by atoms with Crippen molar-refractivity contribution in [1.82, 2.24) is 0 Å². The third-order valence-electron chi connectivity index (χ3n) is 2.98. The lowest BCUT2D eigenvalue weighted by atomic mass is 9.99. The Labute approximate surface area is 106 Å². The minimum Gasteiger partial charge on any atom is -0.385 e. The average Bonchev–Trinajstić information content (AvgIpc) is 2.31. The first kappa shape index (κ1) is 16.4. The van der Waals surface area contributed by atoms with Gasteiger partial charge in [0.2, 0.25) is 0 Å². The average molecular weight is 240 g/mol. The molecule has 0 radical (unpaired) electrons. The number of unbranched alkanes of at least 4 members (excludes halogenated alkanes) is 5. The minimum absolute atomic E-state index is 0.0157. The van der Waals surface area contributed by atoms with Gasteiger partial charge in [0.1, 0.15) is 6.10 Å². The van der Waals surface area contributed by atoms with E-state index in [1.54, 1.807) is 0 Å². The van der Waals surface area contributed by atoms with E-state index in [-0.39, 0.29) is 11.7 Å². The highest BCUT2D eigenvalue weighted by molar-refractivity contribution is 5.84. The molecule has 0 saturated carbocycles. The van der Waals surface area contributed by atoms with Crippen LogP contribution in [0.4, 0.5) is 0 Å². The number of rotatable bonds is 10. The molecular formula is C15H28O2. The molecule has 0 rings (SSSR count). The van der Waals surface area contributed by atoms with Crippen LogP contribution in [-0.2, 0) is 4.79 Å². The molecule has 0 aromatic heterocycles. The van der Waals surface area contributed by atoms with Gasteiger partial charge in [0.25, 0.3) is 0 Å². The zero-order valence-corrected chi connectivity index (χ0v) is 11.6. The first-order valence-corrected chi connectivity index (χ1v) is 6.92. The van der Waals surface area contributed by atoms with E-state index < -0.39 is 6.10 Å². The number of Topliss-reactive ketones (excluding diaryl/α,β-unsaturated/α-hetero) is 1. The molecule has 1 N–H and O–H groups in total. The van der Waals surface area contributed by atoms with Gasteiger partial charge in [-0.05, 0) is 26.2 Å². The van der Waals surface area contributed by atoms with Crippen LogP contribution in [0.1, 0.15) is 65.7 Å². The van der Waals surface area contributed by atoms with E-state index in [9.17, 15) is 9.90 Å². The maximum Gasteiger partial charge on any atom is 0.163 e. The Morgan fingerprint density at radius 3 is 2.29 bits per heavy atom. The van der Waals surface area contributed by atoms with Gasteiger partial charge in [0.15, 0.2) is 5.78 Å². The van der Waals surface area contributed by atoms with Crippen molar-refractivity contribution >= 4 is 5.78 Å². The summed E-state index contributed by atoms with van der Waals surface area (Å²) in [5.41, 5.74) is 0. The highest BCUT2D eigenvalue weighted by Crippen LogP contribution is 2.11. The Bertz CT molecular complexity index is 219. The van der Waals surface area contributed by atoms with Gasteiger partial charge in [-0.3, -0.25) is 4.79 Å². The number of carbonyl (C=O) groups is 1. The van der Waals surface area contributed by atoms with Crippen molar-refractivity contribution in [2.24, 2.45) is 5.92 Å². The van der Waals surface area contributed by atoms with Crippen LogP contribution in [0.2, 0.25) is 0 Å². The number of allylic oxidation sites excluding steroid dienone is 2. The molecule has 0 aliphatic carbocycles. The van der Waals surface area contributed by atoms with Gasteiger partial charge in [-0.2, -0.15) is 0 Å². The predicted molar refractivity (Wildman–Crippen MR) is 73.0 cm³/mol. The van der Waals surface area contributed by atoms with Crippen molar-refractivity contribution in [2.45, 2.75) is 71.8 Å². The first-order chi connectivity index (χ1) is 8.09. The van der Waals surface area contributed by atoms with Gasteiger partial charge in [0, 0.05) is 5.92 Å².